The van der Waals surface area contributed by atoms with Gasteiger partial charge in [0.2, 0.25) is 0 Å². The number of methoxy groups -OCH3 is 2. The monoisotopic (exact) mass is 378 g/mol. The summed E-state index contributed by atoms with van der Waals surface area (Å²) < 4.78 is 40.8. The molecule has 1 amide bonds. The van der Waals surface area contributed by atoms with Crippen LogP contribution in [0.3, 0.4) is 0 Å². The van der Waals surface area contributed by atoms with Gasteiger partial charge in [-0.15, -0.1) is 0 Å². The smallest absolute Gasteiger partial charge is 0.285 e. The van der Waals surface area contributed by atoms with Crippen molar-refractivity contribution >= 4 is 27.5 Å². The highest BCUT2D eigenvalue weighted by Crippen LogP contribution is 2.27. The second-order valence-electron chi connectivity index (χ2n) is 5.35. The molecule has 2 aromatic carbocycles. The molecule has 0 N–H and O–H groups in total. The first-order valence-corrected chi connectivity index (χ1v) is 8.56. The number of nitrogens with zero attached hydrogens (tertiary/aromatic N) is 2. The standard InChI is InChI=1S/C18H16F2N2O3S/c1-24-10-9-22-16-13(25-2)7-4-8-14(16)26-18(22)21-17(23)15-11(19)5-3-6-12(15)20/h3-8H,9-10H2,1-2H3. The van der Waals surface area contributed by atoms with Gasteiger partial charge in [0.1, 0.15) is 28.5 Å². The Morgan fingerprint density at radius 1 is 1.15 bits per heavy atom. The van der Waals surface area contributed by atoms with Gasteiger partial charge in [-0.2, -0.15) is 4.99 Å². The topological polar surface area (TPSA) is 52.8 Å². The molecule has 0 saturated heterocycles. The Hall–Kier alpha value is -2.58. The second kappa shape index (κ2) is 7.76. The van der Waals surface area contributed by atoms with Gasteiger partial charge in [-0.05, 0) is 24.3 Å². The van der Waals surface area contributed by atoms with Crippen LogP contribution < -0.4 is 9.54 Å². The first-order valence-electron chi connectivity index (χ1n) is 7.75. The van der Waals surface area contributed by atoms with Crippen LogP contribution in [0.25, 0.3) is 10.2 Å². The third-order valence-corrected chi connectivity index (χ3v) is 4.82. The molecular formula is C18H16F2N2O3S. The molecule has 26 heavy (non-hydrogen) atoms. The number of hydrogen-bond acceptors (Lipinski definition) is 4. The fourth-order valence-electron chi connectivity index (χ4n) is 2.58. The maximum absolute atomic E-state index is 13.9. The molecule has 8 heteroatoms. The summed E-state index contributed by atoms with van der Waals surface area (Å²) in [6, 6.07) is 8.72. The molecule has 0 fully saturated rings. The number of fused-ring (bicyclic) bond motifs is 1. The third-order valence-electron chi connectivity index (χ3n) is 3.78. The first kappa shape index (κ1) is 18.2. The van der Waals surface area contributed by atoms with Gasteiger partial charge < -0.3 is 14.0 Å². The SMILES string of the molecule is COCCn1c(=NC(=O)c2c(F)cccc2F)sc2cccc(OC)c21. The first-order chi connectivity index (χ1) is 12.6. The van der Waals surface area contributed by atoms with E-state index in [1.807, 2.05) is 12.1 Å². The molecule has 136 valence electrons. The number of para-hydroxylation sites is 1. The molecule has 1 heterocycles. The summed E-state index contributed by atoms with van der Waals surface area (Å²) in [6.07, 6.45) is 0. The Balaban J connectivity index is 2.20. The van der Waals surface area contributed by atoms with Gasteiger partial charge in [0.25, 0.3) is 5.91 Å². The summed E-state index contributed by atoms with van der Waals surface area (Å²) in [5.74, 6) is -2.25. The predicted octanol–water partition coefficient (Wildman–Crippen LogP) is 3.38. The number of rotatable bonds is 5. The van der Waals surface area contributed by atoms with E-state index in [4.69, 9.17) is 9.47 Å². The Kier molecular flexibility index (Phi) is 5.43. The molecule has 0 spiro atoms. The molecule has 0 saturated carbocycles. The number of benzene rings is 2. The fraction of sp³-hybridized carbons (Fsp3) is 0.222. The number of thiazole rings is 1. The van der Waals surface area contributed by atoms with Crippen LogP contribution in [-0.4, -0.2) is 31.3 Å². The van der Waals surface area contributed by atoms with E-state index in [0.717, 1.165) is 22.3 Å². The number of carbonyl (C=O) groups is 1. The summed E-state index contributed by atoms with van der Waals surface area (Å²) in [4.78, 5) is 16.7. The van der Waals surface area contributed by atoms with Gasteiger partial charge in [-0.3, -0.25) is 4.79 Å². The lowest BCUT2D eigenvalue weighted by Crippen LogP contribution is -2.20. The van der Waals surface area contributed by atoms with Crippen LogP contribution in [-0.2, 0) is 11.3 Å². The van der Waals surface area contributed by atoms with Gasteiger partial charge in [-0.1, -0.05) is 23.5 Å². The van der Waals surface area contributed by atoms with Gasteiger partial charge in [0.15, 0.2) is 4.80 Å². The van der Waals surface area contributed by atoms with Crippen LogP contribution in [0.1, 0.15) is 10.4 Å². The Labute approximate surface area is 152 Å². The van der Waals surface area contributed by atoms with Crippen LogP contribution in [0.2, 0.25) is 0 Å². The zero-order valence-electron chi connectivity index (χ0n) is 14.2. The number of halogens is 2. The lowest BCUT2D eigenvalue weighted by Gasteiger charge is -2.08. The fourth-order valence-corrected chi connectivity index (χ4v) is 3.65. The van der Waals surface area contributed by atoms with E-state index in [1.54, 1.807) is 24.9 Å². The summed E-state index contributed by atoms with van der Waals surface area (Å²) in [7, 11) is 3.10. The molecule has 0 atom stereocenters. The molecule has 0 radical (unpaired) electrons. The van der Waals surface area contributed by atoms with Crippen LogP contribution >= 0.6 is 11.3 Å². The van der Waals surface area contributed by atoms with Crippen LogP contribution in [0.5, 0.6) is 5.75 Å². The van der Waals surface area contributed by atoms with Gasteiger partial charge in [-0.25, -0.2) is 8.78 Å². The van der Waals surface area contributed by atoms with E-state index in [-0.39, 0.29) is 0 Å². The van der Waals surface area contributed by atoms with Crippen molar-refractivity contribution in [1.29, 1.82) is 0 Å². The van der Waals surface area contributed by atoms with Crippen molar-refractivity contribution in [1.82, 2.24) is 4.57 Å². The molecule has 1 aromatic heterocycles. The number of carbonyl (C=O) groups excluding carboxylic acids is 1. The summed E-state index contributed by atoms with van der Waals surface area (Å²) in [5, 5.41) is 0. The molecule has 3 aromatic rings. The average Bonchev–Trinajstić information content (AvgIpc) is 2.96. The van der Waals surface area contributed by atoms with Crippen LogP contribution in [0.4, 0.5) is 8.78 Å². The predicted molar refractivity (Wildman–Crippen MR) is 94.5 cm³/mol. The van der Waals surface area contributed by atoms with E-state index >= 15 is 0 Å². The minimum atomic E-state index is -0.975. The quantitative estimate of drug-likeness (QED) is 0.684. The van der Waals surface area contributed by atoms with Crippen LogP contribution in [0.15, 0.2) is 41.4 Å². The lowest BCUT2D eigenvalue weighted by atomic mass is 10.2. The number of hydrogen-bond donors (Lipinski definition) is 0. The Morgan fingerprint density at radius 2 is 1.85 bits per heavy atom. The Bertz CT molecular complexity index is 1010. The molecular weight excluding hydrogens is 362 g/mol. The molecule has 0 aliphatic carbocycles. The van der Waals surface area contributed by atoms with Crippen molar-refractivity contribution < 1.29 is 23.0 Å². The van der Waals surface area contributed by atoms with Crippen molar-refractivity contribution in [3.8, 4) is 5.75 Å². The van der Waals surface area contributed by atoms with E-state index < -0.39 is 23.1 Å². The normalized spacial score (nSPS) is 11.9. The van der Waals surface area contributed by atoms with Crippen molar-refractivity contribution in [3.05, 3.63) is 58.4 Å². The maximum atomic E-state index is 13.9. The molecule has 0 aliphatic heterocycles. The van der Waals surface area contributed by atoms with E-state index in [2.05, 4.69) is 4.99 Å². The lowest BCUT2D eigenvalue weighted by molar-refractivity contribution is 0.0989. The Morgan fingerprint density at radius 3 is 2.50 bits per heavy atom. The molecule has 0 unspecified atom stereocenters. The summed E-state index contributed by atoms with van der Waals surface area (Å²) in [5.41, 5.74) is 0.0767. The van der Waals surface area contributed by atoms with Crippen molar-refractivity contribution in [2.45, 2.75) is 6.54 Å². The third kappa shape index (κ3) is 3.38. The molecule has 0 bridgehead atoms. The minimum absolute atomic E-state index is 0.314. The van der Waals surface area contributed by atoms with Crippen molar-refractivity contribution in [2.24, 2.45) is 4.99 Å². The number of ether oxygens (including phenoxy) is 2. The van der Waals surface area contributed by atoms with Crippen molar-refractivity contribution in [2.75, 3.05) is 20.8 Å². The molecule has 5 nitrogen and oxygen atoms in total. The largest absolute Gasteiger partial charge is 0.495 e. The zero-order chi connectivity index (χ0) is 18.7. The molecule has 3 rings (SSSR count). The molecule has 0 aliphatic rings. The van der Waals surface area contributed by atoms with E-state index in [1.165, 1.54) is 17.4 Å². The number of amides is 1. The maximum Gasteiger partial charge on any atom is 0.285 e. The van der Waals surface area contributed by atoms with Gasteiger partial charge in [0, 0.05) is 13.7 Å². The van der Waals surface area contributed by atoms with E-state index in [0.29, 0.717) is 23.7 Å². The van der Waals surface area contributed by atoms with Gasteiger partial charge in [0.05, 0.1) is 18.4 Å². The summed E-state index contributed by atoms with van der Waals surface area (Å²) in [6.45, 7) is 0.780. The number of aromatic nitrogens is 1. The van der Waals surface area contributed by atoms with Crippen molar-refractivity contribution in [3.63, 3.8) is 0 Å². The summed E-state index contributed by atoms with van der Waals surface area (Å²) >= 11 is 1.23. The van der Waals surface area contributed by atoms with Crippen LogP contribution in [0, 0.1) is 11.6 Å². The average molecular weight is 378 g/mol. The van der Waals surface area contributed by atoms with Gasteiger partial charge >= 0.3 is 0 Å². The minimum Gasteiger partial charge on any atom is -0.495 e. The second-order valence-corrected chi connectivity index (χ2v) is 6.36. The van der Waals surface area contributed by atoms with E-state index in [9.17, 15) is 13.6 Å². The highest BCUT2D eigenvalue weighted by molar-refractivity contribution is 7.16. The highest BCUT2D eigenvalue weighted by atomic mass is 32.1. The highest BCUT2D eigenvalue weighted by Gasteiger charge is 2.18. The zero-order valence-corrected chi connectivity index (χ0v) is 15.0.